The number of nitrogens with one attached hydrogen (secondary N) is 3. The van der Waals surface area contributed by atoms with Gasteiger partial charge in [-0.3, -0.25) is 4.72 Å². The molecular weight excluding hydrogens is 576 g/mol. The molecule has 4 aromatic rings. The van der Waals surface area contributed by atoms with E-state index in [2.05, 4.69) is 25.6 Å². The standard InChI is InChI=1S/C28H26F4N6O3S/c1-28(32)13-18(14-33-16-28)36-27-35-11-9-21(37-27)19-8-5-10-34-26(19)41-22-12-20(29)25(24(31)23(22)30)38-42(39,40)15-17-6-3-2-4-7-17/h2-12,18,33,38H,13-16H2,1H3,(H,35,36,37)/t18-,28-/m0/s1. The third-order valence-electron chi connectivity index (χ3n) is 6.38. The molecule has 1 fully saturated rings. The van der Waals surface area contributed by atoms with E-state index in [1.165, 1.54) is 37.5 Å². The van der Waals surface area contributed by atoms with Crippen LogP contribution in [0.2, 0.25) is 0 Å². The molecule has 2 aromatic heterocycles. The molecule has 2 aromatic carbocycles. The van der Waals surface area contributed by atoms with E-state index in [0.29, 0.717) is 18.2 Å². The molecule has 1 aliphatic heterocycles. The van der Waals surface area contributed by atoms with Gasteiger partial charge in [0.1, 0.15) is 11.4 Å². The molecule has 0 spiro atoms. The summed E-state index contributed by atoms with van der Waals surface area (Å²) < 4.78 is 91.6. The topological polar surface area (TPSA) is 118 Å². The Kier molecular flexibility index (Phi) is 8.27. The zero-order valence-corrected chi connectivity index (χ0v) is 23.1. The lowest BCUT2D eigenvalue weighted by Crippen LogP contribution is -2.50. The van der Waals surface area contributed by atoms with Gasteiger partial charge in [0.2, 0.25) is 27.7 Å². The predicted octanol–water partition coefficient (Wildman–Crippen LogP) is 5.19. The Morgan fingerprint density at radius 3 is 2.60 bits per heavy atom. The number of nitrogens with zero attached hydrogens (tertiary/aromatic N) is 3. The van der Waals surface area contributed by atoms with Crippen LogP contribution >= 0.6 is 0 Å². The number of ether oxygens (including phenoxy) is 1. The van der Waals surface area contributed by atoms with Gasteiger partial charge in [-0.1, -0.05) is 30.3 Å². The highest BCUT2D eigenvalue weighted by Gasteiger charge is 2.32. The summed E-state index contributed by atoms with van der Waals surface area (Å²) in [4.78, 5) is 12.7. The first-order chi connectivity index (χ1) is 20.0. The average Bonchev–Trinajstić information content (AvgIpc) is 2.94. The zero-order chi connectivity index (χ0) is 29.9. The summed E-state index contributed by atoms with van der Waals surface area (Å²) in [5.74, 6) is -6.28. The van der Waals surface area contributed by atoms with Gasteiger partial charge in [-0.2, -0.15) is 4.39 Å². The first kappa shape index (κ1) is 29.2. The lowest BCUT2D eigenvalue weighted by atomic mass is 9.95. The second-order valence-electron chi connectivity index (χ2n) is 10.0. The smallest absolute Gasteiger partial charge is 0.237 e. The largest absolute Gasteiger partial charge is 0.435 e. The maximum atomic E-state index is 15.0. The Morgan fingerprint density at radius 1 is 1.05 bits per heavy atom. The minimum Gasteiger partial charge on any atom is -0.435 e. The Morgan fingerprint density at radius 2 is 1.83 bits per heavy atom. The molecule has 0 aliphatic carbocycles. The summed E-state index contributed by atoms with van der Waals surface area (Å²) in [6, 6.07) is 12.8. The molecular formula is C28H26F4N6O3S. The van der Waals surface area contributed by atoms with Crippen LogP contribution < -0.4 is 20.1 Å². The van der Waals surface area contributed by atoms with E-state index in [4.69, 9.17) is 4.74 Å². The van der Waals surface area contributed by atoms with Crippen LogP contribution in [-0.2, 0) is 15.8 Å². The second-order valence-corrected chi connectivity index (χ2v) is 11.7. The van der Waals surface area contributed by atoms with Crippen LogP contribution in [0.1, 0.15) is 18.9 Å². The van der Waals surface area contributed by atoms with Gasteiger partial charge in [0, 0.05) is 44.0 Å². The Balaban J connectivity index is 1.38. The van der Waals surface area contributed by atoms with Crippen molar-refractivity contribution in [1.29, 1.82) is 0 Å². The first-order valence-electron chi connectivity index (χ1n) is 12.8. The maximum Gasteiger partial charge on any atom is 0.237 e. The molecule has 42 heavy (non-hydrogen) atoms. The monoisotopic (exact) mass is 602 g/mol. The van der Waals surface area contributed by atoms with Gasteiger partial charge in [-0.05, 0) is 30.7 Å². The first-order valence-corrected chi connectivity index (χ1v) is 14.5. The van der Waals surface area contributed by atoms with E-state index in [1.807, 2.05) is 0 Å². The van der Waals surface area contributed by atoms with Crippen LogP contribution in [0.4, 0.5) is 29.2 Å². The Labute approximate surface area is 239 Å². The number of pyridine rings is 1. The summed E-state index contributed by atoms with van der Waals surface area (Å²) in [6.07, 6.45) is 3.01. The molecule has 1 saturated heterocycles. The maximum absolute atomic E-state index is 15.0. The van der Waals surface area contributed by atoms with Crippen LogP contribution in [0.3, 0.4) is 0 Å². The summed E-state index contributed by atoms with van der Waals surface area (Å²) in [7, 11) is -4.28. The number of piperidine rings is 1. The average molecular weight is 603 g/mol. The highest BCUT2D eigenvalue weighted by atomic mass is 32.2. The number of aromatic nitrogens is 3. The summed E-state index contributed by atoms with van der Waals surface area (Å²) in [5.41, 5.74) is -1.68. The second kappa shape index (κ2) is 11.9. The number of hydrogen-bond acceptors (Lipinski definition) is 8. The number of halogens is 4. The fraction of sp³-hybridized carbons (Fsp3) is 0.250. The van der Waals surface area contributed by atoms with E-state index >= 15 is 4.39 Å². The van der Waals surface area contributed by atoms with Gasteiger partial charge in [-0.25, -0.2) is 36.5 Å². The van der Waals surface area contributed by atoms with Crippen molar-refractivity contribution in [2.45, 2.75) is 30.8 Å². The number of rotatable bonds is 9. The minimum atomic E-state index is -4.28. The Bertz CT molecular complexity index is 1690. The molecule has 3 N–H and O–H groups in total. The van der Waals surface area contributed by atoms with Crippen molar-refractivity contribution in [1.82, 2.24) is 20.3 Å². The molecule has 2 atom stereocenters. The van der Waals surface area contributed by atoms with Crippen molar-refractivity contribution in [3.05, 3.63) is 90.0 Å². The lowest BCUT2D eigenvalue weighted by Gasteiger charge is -2.33. The van der Waals surface area contributed by atoms with E-state index in [1.54, 1.807) is 35.1 Å². The van der Waals surface area contributed by atoms with Gasteiger partial charge in [-0.15, -0.1) is 0 Å². The van der Waals surface area contributed by atoms with Crippen molar-refractivity contribution in [2.24, 2.45) is 0 Å². The van der Waals surface area contributed by atoms with E-state index in [9.17, 15) is 21.6 Å². The van der Waals surface area contributed by atoms with E-state index in [-0.39, 0.29) is 42.1 Å². The molecule has 1 aliphatic rings. The van der Waals surface area contributed by atoms with Crippen molar-refractivity contribution in [2.75, 3.05) is 23.1 Å². The zero-order valence-electron chi connectivity index (χ0n) is 22.2. The minimum absolute atomic E-state index is 0.196. The van der Waals surface area contributed by atoms with Gasteiger partial charge < -0.3 is 15.4 Å². The highest BCUT2D eigenvalue weighted by molar-refractivity contribution is 7.91. The SMILES string of the molecule is C[C@@]1(F)CNC[C@@H](Nc2nccc(-c3cccnc3Oc3cc(F)c(NS(=O)(=O)Cc4ccccc4)c(F)c3F)n2)C1. The normalized spacial score (nSPS) is 18.8. The molecule has 0 unspecified atom stereocenters. The molecule has 0 saturated carbocycles. The van der Waals surface area contributed by atoms with Crippen molar-refractivity contribution in [3.8, 4) is 22.9 Å². The van der Waals surface area contributed by atoms with Crippen LogP contribution in [0, 0.1) is 17.5 Å². The van der Waals surface area contributed by atoms with Gasteiger partial charge in [0.15, 0.2) is 17.4 Å². The molecule has 3 heterocycles. The quantitative estimate of drug-likeness (QED) is 0.177. The number of hydrogen-bond donors (Lipinski definition) is 3. The van der Waals surface area contributed by atoms with Crippen molar-refractivity contribution < 1.29 is 30.7 Å². The summed E-state index contributed by atoms with van der Waals surface area (Å²) in [5, 5.41) is 6.09. The third-order valence-corrected chi connectivity index (χ3v) is 7.61. The number of benzene rings is 2. The molecule has 220 valence electrons. The van der Waals surface area contributed by atoms with Crippen LogP contribution in [0.5, 0.6) is 11.6 Å². The van der Waals surface area contributed by atoms with Gasteiger partial charge in [0.05, 0.1) is 17.0 Å². The highest BCUT2D eigenvalue weighted by Crippen LogP contribution is 2.36. The molecule has 0 amide bonds. The summed E-state index contributed by atoms with van der Waals surface area (Å²) in [6.45, 7) is 2.24. The van der Waals surface area contributed by atoms with Gasteiger partial charge in [0.25, 0.3) is 0 Å². The van der Waals surface area contributed by atoms with Crippen LogP contribution in [0.25, 0.3) is 11.3 Å². The van der Waals surface area contributed by atoms with Gasteiger partial charge >= 0.3 is 0 Å². The van der Waals surface area contributed by atoms with Crippen LogP contribution in [-0.4, -0.2) is 48.2 Å². The fourth-order valence-electron chi connectivity index (χ4n) is 4.53. The van der Waals surface area contributed by atoms with Crippen molar-refractivity contribution >= 4 is 21.7 Å². The molecule has 9 nitrogen and oxygen atoms in total. The molecule has 14 heteroatoms. The third kappa shape index (κ3) is 6.94. The molecule has 0 bridgehead atoms. The summed E-state index contributed by atoms with van der Waals surface area (Å²) >= 11 is 0. The van der Waals surface area contributed by atoms with E-state index in [0.717, 1.165) is 0 Å². The van der Waals surface area contributed by atoms with Crippen LogP contribution in [0.15, 0.2) is 67.0 Å². The number of alkyl halides is 1. The fourth-order valence-corrected chi connectivity index (χ4v) is 5.73. The van der Waals surface area contributed by atoms with Crippen molar-refractivity contribution in [3.63, 3.8) is 0 Å². The Hall–Kier alpha value is -4.30. The molecule has 0 radical (unpaired) electrons. The lowest BCUT2D eigenvalue weighted by molar-refractivity contribution is 0.137. The number of sulfonamides is 1. The number of anilines is 2. The predicted molar refractivity (Wildman–Crippen MR) is 149 cm³/mol. The molecule has 5 rings (SSSR count). The van der Waals surface area contributed by atoms with E-state index < -0.39 is 50.3 Å².